The van der Waals surface area contributed by atoms with E-state index in [9.17, 15) is 10.2 Å². The summed E-state index contributed by atoms with van der Waals surface area (Å²) >= 11 is 0. The summed E-state index contributed by atoms with van der Waals surface area (Å²) < 4.78 is 12.9. The van der Waals surface area contributed by atoms with E-state index in [4.69, 9.17) is 9.47 Å². The molecule has 10 atom stereocenters. The lowest BCUT2D eigenvalue weighted by Gasteiger charge is -2.74. The summed E-state index contributed by atoms with van der Waals surface area (Å²) in [6, 6.07) is 0. The molecule has 1 spiro atoms. The molecule has 0 aromatic rings. The number of hydrogen-bond acceptors (Lipinski definition) is 4. The number of ether oxygens (including phenoxy) is 2. The van der Waals surface area contributed by atoms with Gasteiger partial charge in [-0.3, -0.25) is 0 Å². The van der Waals surface area contributed by atoms with Crippen molar-refractivity contribution < 1.29 is 19.7 Å². The Bertz CT molecular complexity index is 850. The molecule has 10 unspecified atom stereocenters. The highest BCUT2D eigenvalue weighted by atomic mass is 16.6. The first-order valence-electron chi connectivity index (χ1n) is 14.4. The van der Waals surface area contributed by atoms with Crippen molar-refractivity contribution in [2.24, 2.45) is 51.2 Å². The maximum Gasteiger partial charge on any atom is 0.170 e. The molecule has 2 N–H and O–H groups in total. The van der Waals surface area contributed by atoms with Gasteiger partial charge in [-0.15, -0.1) is 0 Å². The van der Waals surface area contributed by atoms with Crippen LogP contribution in [0.15, 0.2) is 0 Å². The Kier molecular flexibility index (Phi) is 4.86. The predicted molar refractivity (Wildman–Crippen MR) is 133 cm³/mol. The second-order valence-corrected chi connectivity index (χ2v) is 15.5. The molecule has 3 heterocycles. The summed E-state index contributed by atoms with van der Waals surface area (Å²) in [6.07, 6.45) is 10.6. The lowest BCUT2D eigenvalue weighted by molar-refractivity contribution is -0.399. The van der Waals surface area contributed by atoms with Crippen molar-refractivity contribution in [1.82, 2.24) is 0 Å². The van der Waals surface area contributed by atoms with Crippen molar-refractivity contribution in [1.29, 1.82) is 0 Å². The highest BCUT2D eigenvalue weighted by Crippen LogP contribution is 2.78. The first kappa shape index (κ1) is 24.2. The molecule has 4 aliphatic carbocycles. The van der Waals surface area contributed by atoms with Gasteiger partial charge in [-0.25, -0.2) is 0 Å². The average molecular weight is 475 g/mol. The third-order valence-corrected chi connectivity index (χ3v) is 13.9. The van der Waals surface area contributed by atoms with Crippen LogP contribution in [0.3, 0.4) is 0 Å². The maximum absolute atomic E-state index is 11.4. The van der Waals surface area contributed by atoms with Crippen LogP contribution < -0.4 is 0 Å². The van der Waals surface area contributed by atoms with Gasteiger partial charge in [0.05, 0.1) is 24.4 Å². The van der Waals surface area contributed by atoms with Crippen molar-refractivity contribution in [3.05, 3.63) is 0 Å². The van der Waals surface area contributed by atoms with Crippen LogP contribution in [0.2, 0.25) is 0 Å². The summed E-state index contributed by atoms with van der Waals surface area (Å²) in [7, 11) is 0. The average Bonchev–Trinajstić information content (AvgIpc) is 3.32. The molecule has 34 heavy (non-hydrogen) atoms. The predicted octanol–water partition coefficient (Wildman–Crippen LogP) is 5.94. The van der Waals surface area contributed by atoms with Crippen molar-refractivity contribution >= 4 is 0 Å². The Labute approximate surface area is 207 Å². The summed E-state index contributed by atoms with van der Waals surface area (Å²) in [4.78, 5) is 0. The monoisotopic (exact) mass is 474 g/mol. The van der Waals surface area contributed by atoms with Crippen LogP contribution in [0, 0.1) is 51.2 Å². The van der Waals surface area contributed by atoms with Gasteiger partial charge in [-0.2, -0.15) is 0 Å². The van der Waals surface area contributed by atoms with Gasteiger partial charge in [0, 0.05) is 23.2 Å². The Morgan fingerprint density at radius 3 is 2.09 bits per heavy atom. The molecule has 3 saturated heterocycles. The third kappa shape index (κ3) is 2.70. The highest BCUT2D eigenvalue weighted by molar-refractivity contribution is 5.21. The zero-order chi connectivity index (χ0) is 24.6. The van der Waals surface area contributed by atoms with Gasteiger partial charge in [0.15, 0.2) is 5.79 Å². The maximum atomic E-state index is 11.4. The van der Waals surface area contributed by atoms with E-state index in [1.165, 1.54) is 38.5 Å². The lowest BCUT2D eigenvalue weighted by Crippen LogP contribution is -2.73. The zero-order valence-electron chi connectivity index (χ0n) is 22.9. The molecular weight excluding hydrogens is 424 g/mol. The van der Waals surface area contributed by atoms with E-state index in [0.717, 1.165) is 25.9 Å². The van der Waals surface area contributed by atoms with Crippen LogP contribution in [0.4, 0.5) is 0 Å². The molecule has 7 rings (SSSR count). The van der Waals surface area contributed by atoms with E-state index in [0.29, 0.717) is 41.1 Å². The Morgan fingerprint density at radius 1 is 0.765 bits per heavy atom. The summed E-state index contributed by atoms with van der Waals surface area (Å²) in [5.74, 6) is 1.83. The van der Waals surface area contributed by atoms with E-state index < -0.39 is 11.4 Å². The first-order chi connectivity index (χ1) is 15.6. The van der Waals surface area contributed by atoms with Gasteiger partial charge in [0.25, 0.3) is 0 Å². The minimum Gasteiger partial charge on any atom is -0.390 e. The smallest absolute Gasteiger partial charge is 0.170 e. The molecule has 0 aromatic carbocycles. The fourth-order valence-corrected chi connectivity index (χ4v) is 11.5. The minimum atomic E-state index is -0.932. The van der Waals surface area contributed by atoms with E-state index >= 15 is 0 Å². The third-order valence-electron chi connectivity index (χ3n) is 13.9. The van der Waals surface area contributed by atoms with Gasteiger partial charge in [-0.1, -0.05) is 27.7 Å². The number of hydrogen-bond donors (Lipinski definition) is 2. The first-order valence-corrected chi connectivity index (χ1v) is 14.4. The summed E-state index contributed by atoms with van der Waals surface area (Å²) in [6.45, 7) is 17.6. The van der Waals surface area contributed by atoms with E-state index in [-0.39, 0.29) is 22.3 Å². The quantitative estimate of drug-likeness (QED) is 0.520. The molecule has 3 aliphatic heterocycles. The standard InChI is InChI=1S/C30H50O4/c1-24(2)22-11-13-27(6)23(29(22)14-15-30(24,32)34-18-29)9-8-20-21(10-12-26(20,27)5)28(7)16-19(17-33-28)25(3,4)31/h19-23,31-32H,8-18H2,1-7H3. The van der Waals surface area contributed by atoms with Crippen LogP contribution in [0.25, 0.3) is 0 Å². The Balaban J connectivity index is 1.32. The molecule has 0 aromatic heterocycles. The molecule has 2 bridgehead atoms. The highest BCUT2D eigenvalue weighted by Gasteiger charge is 2.75. The summed E-state index contributed by atoms with van der Waals surface area (Å²) in [5.41, 5.74) is -0.0711. The fourth-order valence-electron chi connectivity index (χ4n) is 11.5. The second kappa shape index (κ2) is 6.83. The van der Waals surface area contributed by atoms with Crippen molar-refractivity contribution in [2.45, 2.75) is 123 Å². The van der Waals surface area contributed by atoms with Crippen molar-refractivity contribution in [3.63, 3.8) is 0 Å². The molecule has 7 aliphatic rings. The normalized spacial score (nSPS) is 58.3. The van der Waals surface area contributed by atoms with Crippen LogP contribution in [0.1, 0.15) is 106 Å². The lowest BCUT2D eigenvalue weighted by atomic mass is 9.34. The number of rotatable bonds is 2. The molecule has 4 nitrogen and oxygen atoms in total. The van der Waals surface area contributed by atoms with Gasteiger partial charge in [0.2, 0.25) is 0 Å². The molecule has 194 valence electrons. The molecule has 4 saturated carbocycles. The Hall–Kier alpha value is -0.160. The SMILES string of the molecule is CC(C)(O)C1COC(C)(C2CCC3(C)C2CCC2C45CCC(O)(OC4)C(C)(C)C5CCC23C)C1. The van der Waals surface area contributed by atoms with Crippen LogP contribution in [0.5, 0.6) is 0 Å². The minimum absolute atomic E-state index is 0.108. The van der Waals surface area contributed by atoms with Crippen molar-refractivity contribution in [3.8, 4) is 0 Å². The largest absolute Gasteiger partial charge is 0.390 e. The van der Waals surface area contributed by atoms with Crippen molar-refractivity contribution in [2.75, 3.05) is 13.2 Å². The molecule has 4 heteroatoms. The van der Waals surface area contributed by atoms with E-state index in [2.05, 4.69) is 34.6 Å². The van der Waals surface area contributed by atoms with Gasteiger partial charge in [0.1, 0.15) is 0 Å². The van der Waals surface area contributed by atoms with Crippen LogP contribution >= 0.6 is 0 Å². The zero-order valence-corrected chi connectivity index (χ0v) is 22.9. The summed E-state index contributed by atoms with van der Waals surface area (Å²) in [5, 5.41) is 22.0. The van der Waals surface area contributed by atoms with E-state index in [1.807, 2.05) is 13.8 Å². The molecule has 0 radical (unpaired) electrons. The van der Waals surface area contributed by atoms with Gasteiger partial charge < -0.3 is 19.7 Å². The van der Waals surface area contributed by atoms with Gasteiger partial charge >= 0.3 is 0 Å². The number of fused-ring (bicyclic) bond motifs is 5. The second-order valence-electron chi connectivity index (χ2n) is 15.5. The number of aliphatic hydroxyl groups is 2. The topological polar surface area (TPSA) is 58.9 Å². The fraction of sp³-hybridized carbons (Fsp3) is 1.00. The van der Waals surface area contributed by atoms with Crippen LogP contribution in [-0.2, 0) is 9.47 Å². The van der Waals surface area contributed by atoms with E-state index in [1.54, 1.807) is 0 Å². The molecule has 7 fully saturated rings. The van der Waals surface area contributed by atoms with Crippen LogP contribution in [-0.4, -0.2) is 40.4 Å². The van der Waals surface area contributed by atoms with Gasteiger partial charge in [-0.05, 0) is 107 Å². The molecule has 0 amide bonds. The Morgan fingerprint density at radius 2 is 1.47 bits per heavy atom. The molecular formula is C30H50O4.